The van der Waals surface area contributed by atoms with Gasteiger partial charge in [0.25, 0.3) is 10.0 Å². The highest BCUT2D eigenvalue weighted by Gasteiger charge is 2.24. The van der Waals surface area contributed by atoms with Gasteiger partial charge in [-0.2, -0.15) is 0 Å². The molecular weight excluding hydrogens is 443 g/mol. The maximum atomic E-state index is 14.0. The highest BCUT2D eigenvalue weighted by atomic mass is 32.2. The van der Waals surface area contributed by atoms with Crippen molar-refractivity contribution < 1.29 is 17.5 Å². The Kier molecular flexibility index (Phi) is 6.92. The van der Waals surface area contributed by atoms with Crippen LogP contribution in [0, 0.1) is 5.82 Å². The van der Waals surface area contributed by atoms with Crippen LogP contribution < -0.4 is 15.0 Å². The van der Waals surface area contributed by atoms with E-state index in [9.17, 15) is 12.8 Å². The first-order valence-electron chi connectivity index (χ1n) is 11.1. The van der Waals surface area contributed by atoms with Gasteiger partial charge in [-0.1, -0.05) is 0 Å². The van der Waals surface area contributed by atoms with Crippen LogP contribution in [-0.4, -0.2) is 71.2 Å². The normalized spacial score (nSPS) is 14.9. The first-order chi connectivity index (χ1) is 15.8. The minimum Gasteiger partial charge on any atom is -0.495 e. The number of ether oxygens (including phenoxy) is 1. The van der Waals surface area contributed by atoms with Crippen molar-refractivity contribution in [1.29, 1.82) is 0 Å². The molecule has 2 aromatic carbocycles. The van der Waals surface area contributed by atoms with Crippen molar-refractivity contribution in [2.75, 3.05) is 58.8 Å². The van der Waals surface area contributed by atoms with Crippen LogP contribution in [0.1, 0.15) is 12.0 Å². The van der Waals surface area contributed by atoms with Crippen molar-refractivity contribution >= 4 is 26.6 Å². The van der Waals surface area contributed by atoms with Crippen LogP contribution in [-0.2, 0) is 16.4 Å². The molecule has 1 aliphatic heterocycles. The van der Waals surface area contributed by atoms with E-state index in [4.69, 9.17) is 4.74 Å². The number of rotatable bonds is 8. The number of piperazine rings is 1. The Bertz CT molecular complexity index is 1230. The van der Waals surface area contributed by atoms with Gasteiger partial charge in [0.15, 0.2) is 0 Å². The van der Waals surface area contributed by atoms with Crippen LogP contribution >= 0.6 is 0 Å². The summed E-state index contributed by atoms with van der Waals surface area (Å²) in [7, 11) is 1.67. The molecule has 7 nitrogen and oxygen atoms in total. The van der Waals surface area contributed by atoms with Crippen molar-refractivity contribution in [2.24, 2.45) is 0 Å². The predicted octanol–water partition coefficient (Wildman–Crippen LogP) is 2.93. The zero-order chi connectivity index (χ0) is 23.6. The molecule has 0 saturated carbocycles. The number of aromatic nitrogens is 1. The van der Waals surface area contributed by atoms with Crippen LogP contribution in [0.4, 0.5) is 10.1 Å². The number of benzene rings is 2. The highest BCUT2D eigenvalue weighted by Crippen LogP contribution is 2.34. The lowest BCUT2D eigenvalue weighted by molar-refractivity contribution is 0.400. The molecule has 0 unspecified atom stereocenters. The van der Waals surface area contributed by atoms with Crippen molar-refractivity contribution in [1.82, 2.24) is 14.2 Å². The van der Waals surface area contributed by atoms with E-state index in [1.807, 2.05) is 14.1 Å². The fourth-order valence-corrected chi connectivity index (χ4v) is 5.73. The molecule has 3 aromatic rings. The maximum absolute atomic E-state index is 14.0. The van der Waals surface area contributed by atoms with E-state index < -0.39 is 10.0 Å². The minimum atomic E-state index is -3.90. The van der Waals surface area contributed by atoms with Crippen LogP contribution in [0.5, 0.6) is 5.75 Å². The first-order valence-corrected chi connectivity index (χ1v) is 12.6. The molecular formula is C24H31FN4O3S. The van der Waals surface area contributed by atoms with Gasteiger partial charge in [-0.3, -0.25) is 0 Å². The molecule has 0 bridgehead atoms. The molecule has 2 heterocycles. The maximum Gasteiger partial charge on any atom is 0.268 e. The summed E-state index contributed by atoms with van der Waals surface area (Å²) in [5.41, 5.74) is 2.07. The first kappa shape index (κ1) is 23.5. The second kappa shape index (κ2) is 9.70. The molecule has 1 fully saturated rings. The van der Waals surface area contributed by atoms with Crippen molar-refractivity contribution in [3.8, 4) is 5.75 Å². The van der Waals surface area contributed by atoms with E-state index in [2.05, 4.69) is 15.1 Å². The highest BCUT2D eigenvalue weighted by molar-refractivity contribution is 7.90. The summed E-state index contributed by atoms with van der Waals surface area (Å²) in [5, 5.41) is 3.94. The van der Waals surface area contributed by atoms with E-state index in [1.54, 1.807) is 37.6 Å². The summed E-state index contributed by atoms with van der Waals surface area (Å²) < 4.78 is 48.4. The summed E-state index contributed by atoms with van der Waals surface area (Å²) in [6.45, 7) is 4.04. The molecule has 9 heteroatoms. The van der Waals surface area contributed by atoms with E-state index >= 15 is 0 Å². The topological polar surface area (TPSA) is 66.8 Å². The number of nitrogens with zero attached hydrogens (tertiary/aromatic N) is 3. The minimum absolute atomic E-state index is 0.179. The second-order valence-electron chi connectivity index (χ2n) is 8.59. The average molecular weight is 475 g/mol. The molecule has 0 spiro atoms. The molecule has 33 heavy (non-hydrogen) atoms. The summed E-state index contributed by atoms with van der Waals surface area (Å²) >= 11 is 0. The van der Waals surface area contributed by atoms with E-state index in [0.717, 1.165) is 50.4 Å². The quantitative estimate of drug-likeness (QED) is 0.542. The van der Waals surface area contributed by atoms with Gasteiger partial charge in [0.2, 0.25) is 0 Å². The zero-order valence-corrected chi connectivity index (χ0v) is 20.2. The second-order valence-corrected chi connectivity index (χ2v) is 10.4. The number of fused-ring (bicyclic) bond motifs is 1. The molecule has 178 valence electrons. The van der Waals surface area contributed by atoms with Crippen molar-refractivity contribution in [2.45, 2.75) is 17.7 Å². The molecule has 0 atom stereocenters. The number of methoxy groups -OCH3 is 1. The third-order valence-corrected chi connectivity index (χ3v) is 7.70. The largest absolute Gasteiger partial charge is 0.495 e. The summed E-state index contributed by atoms with van der Waals surface area (Å²) in [6, 6.07) is 9.22. The lowest BCUT2D eigenvalue weighted by atomic mass is 10.1. The molecule has 1 N–H and O–H groups in total. The fourth-order valence-electron chi connectivity index (χ4n) is 4.32. The van der Waals surface area contributed by atoms with Gasteiger partial charge in [-0.05, 0) is 75.4 Å². The number of anilines is 1. The Labute approximate surface area is 194 Å². The molecule has 0 radical (unpaired) electrons. The van der Waals surface area contributed by atoms with E-state index in [1.165, 1.54) is 16.1 Å². The Morgan fingerprint density at radius 2 is 1.88 bits per heavy atom. The summed E-state index contributed by atoms with van der Waals surface area (Å²) in [5.74, 6) is 0.261. The van der Waals surface area contributed by atoms with Crippen LogP contribution in [0.25, 0.3) is 10.9 Å². The molecule has 1 aliphatic rings. The number of halogens is 1. The number of nitrogens with one attached hydrogen (secondary N) is 1. The third-order valence-electron chi connectivity index (χ3n) is 6.03. The summed E-state index contributed by atoms with van der Waals surface area (Å²) in [6.07, 6.45) is 3.15. The Morgan fingerprint density at radius 1 is 1.12 bits per heavy atom. The molecule has 0 amide bonds. The van der Waals surface area contributed by atoms with Crippen LogP contribution in [0.3, 0.4) is 0 Å². The van der Waals surface area contributed by atoms with E-state index in [0.29, 0.717) is 23.1 Å². The smallest absolute Gasteiger partial charge is 0.268 e. The molecule has 4 rings (SSSR count). The van der Waals surface area contributed by atoms with E-state index in [-0.39, 0.29) is 10.7 Å². The van der Waals surface area contributed by atoms with Crippen LogP contribution in [0.2, 0.25) is 0 Å². The Morgan fingerprint density at radius 3 is 2.58 bits per heavy atom. The van der Waals surface area contributed by atoms with Crippen LogP contribution in [0.15, 0.2) is 47.5 Å². The lowest BCUT2D eigenvalue weighted by Gasteiger charge is -2.30. The van der Waals surface area contributed by atoms with Gasteiger partial charge in [-0.15, -0.1) is 0 Å². The van der Waals surface area contributed by atoms with Gasteiger partial charge in [-0.25, -0.2) is 16.8 Å². The fraction of sp³-hybridized carbons (Fsp3) is 0.417. The lowest BCUT2D eigenvalue weighted by Crippen LogP contribution is -2.43. The number of hydrogen-bond donors (Lipinski definition) is 1. The Hall–Kier alpha value is -2.62. The average Bonchev–Trinajstić information content (AvgIpc) is 3.17. The SMILES string of the molecule is COc1ccc(S(=O)(=O)n2cc(CCCN(C)C)c3cc(F)ccc32)cc1N1CCNCC1. The third kappa shape index (κ3) is 4.85. The standard InChI is InChI=1S/C24H31FN4O3S/c1-27(2)12-4-5-18-17-29(22-8-6-19(25)15-21(18)22)33(30,31)20-7-9-24(32-3)23(16-20)28-13-10-26-11-14-28/h6-9,15-17,26H,4-5,10-14H2,1-3H3. The van der Waals surface area contributed by atoms with Crippen molar-refractivity contribution in [3.63, 3.8) is 0 Å². The van der Waals surface area contributed by atoms with Gasteiger partial charge in [0, 0.05) is 37.8 Å². The van der Waals surface area contributed by atoms with Crippen molar-refractivity contribution in [3.05, 3.63) is 54.0 Å². The molecule has 1 aromatic heterocycles. The Balaban J connectivity index is 1.77. The van der Waals surface area contributed by atoms with Gasteiger partial charge in [0.1, 0.15) is 11.6 Å². The number of aryl methyl sites for hydroxylation is 1. The van der Waals surface area contributed by atoms with Gasteiger partial charge in [0.05, 0.1) is 23.2 Å². The predicted molar refractivity (Wildman–Crippen MR) is 129 cm³/mol. The van der Waals surface area contributed by atoms with Gasteiger partial charge < -0.3 is 19.9 Å². The zero-order valence-electron chi connectivity index (χ0n) is 19.3. The molecule has 1 saturated heterocycles. The summed E-state index contributed by atoms with van der Waals surface area (Å²) in [4.78, 5) is 4.38. The monoisotopic (exact) mass is 474 g/mol. The number of hydrogen-bond acceptors (Lipinski definition) is 6. The van der Waals surface area contributed by atoms with Gasteiger partial charge >= 0.3 is 0 Å². The molecule has 0 aliphatic carbocycles.